The number of hydrogen-bond donors (Lipinski definition) is 1. The molecule has 94 valence electrons. The topological polar surface area (TPSA) is 59.4 Å². The predicted molar refractivity (Wildman–Crippen MR) is 55.1 cm³/mol. The van der Waals surface area contributed by atoms with Crippen molar-refractivity contribution in [3.63, 3.8) is 0 Å². The third-order valence-electron chi connectivity index (χ3n) is 2.33. The van der Waals surface area contributed by atoms with Crippen molar-refractivity contribution in [3.8, 4) is 5.75 Å². The lowest BCUT2D eigenvalue weighted by Gasteiger charge is -2.08. The highest BCUT2D eigenvalue weighted by Gasteiger charge is 2.20. The number of benzene rings is 1. The number of carbonyl (C=O) groups is 1. The number of aromatic nitrogens is 1. The Morgan fingerprint density at radius 3 is 2.50 bits per heavy atom. The predicted octanol–water partition coefficient (Wildman–Crippen LogP) is 2.36. The number of methoxy groups -OCH3 is 1. The van der Waals surface area contributed by atoms with Crippen LogP contribution in [0.3, 0.4) is 0 Å². The first kappa shape index (κ1) is 12.2. The highest BCUT2D eigenvalue weighted by Crippen LogP contribution is 2.30. The van der Waals surface area contributed by atoms with Crippen LogP contribution < -0.4 is 4.74 Å². The Hall–Kier alpha value is -2.31. The van der Waals surface area contributed by atoms with E-state index in [1.807, 2.05) is 0 Å². The van der Waals surface area contributed by atoms with Crippen LogP contribution in [0, 0.1) is 17.5 Å². The van der Waals surface area contributed by atoms with Gasteiger partial charge in [-0.3, -0.25) is 0 Å². The number of hydrogen-bond acceptors (Lipinski definition) is 3. The van der Waals surface area contributed by atoms with Gasteiger partial charge in [-0.1, -0.05) is 0 Å². The summed E-state index contributed by atoms with van der Waals surface area (Å²) < 4.78 is 44.8. The fourth-order valence-electron chi connectivity index (χ4n) is 1.54. The molecule has 18 heavy (non-hydrogen) atoms. The molecule has 4 nitrogen and oxygen atoms in total. The van der Waals surface area contributed by atoms with E-state index < -0.39 is 40.0 Å². The number of carboxylic acids is 1. The molecule has 0 spiro atoms. The molecule has 7 heteroatoms. The van der Waals surface area contributed by atoms with Gasteiger partial charge in [-0.05, 0) is 0 Å². The minimum absolute atomic E-state index is 0.228. The molecule has 1 N–H and O–H groups in total. The van der Waals surface area contributed by atoms with Crippen LogP contribution in [0.25, 0.3) is 10.9 Å². The normalized spacial score (nSPS) is 10.7. The van der Waals surface area contributed by atoms with Gasteiger partial charge in [0.15, 0.2) is 17.3 Å². The molecule has 0 aliphatic heterocycles. The van der Waals surface area contributed by atoms with E-state index in [4.69, 9.17) is 9.84 Å². The third-order valence-corrected chi connectivity index (χ3v) is 2.33. The highest BCUT2D eigenvalue weighted by molar-refractivity contribution is 5.93. The maximum Gasteiger partial charge on any atom is 0.354 e. The van der Waals surface area contributed by atoms with E-state index in [1.54, 1.807) is 0 Å². The van der Waals surface area contributed by atoms with Crippen molar-refractivity contribution in [3.05, 3.63) is 35.3 Å². The monoisotopic (exact) mass is 257 g/mol. The second-order valence-electron chi connectivity index (χ2n) is 3.39. The highest BCUT2D eigenvalue weighted by atomic mass is 19.2. The molecule has 0 atom stereocenters. The van der Waals surface area contributed by atoms with Crippen LogP contribution in [0.1, 0.15) is 10.5 Å². The molecular weight excluding hydrogens is 251 g/mol. The van der Waals surface area contributed by atoms with Gasteiger partial charge in [0.25, 0.3) is 0 Å². The van der Waals surface area contributed by atoms with Gasteiger partial charge in [-0.15, -0.1) is 0 Å². The Labute approximate surface area is 98.6 Å². The van der Waals surface area contributed by atoms with Crippen LogP contribution in [0.2, 0.25) is 0 Å². The fourth-order valence-corrected chi connectivity index (χ4v) is 1.54. The zero-order chi connectivity index (χ0) is 13.4. The summed E-state index contributed by atoms with van der Waals surface area (Å²) >= 11 is 0. The van der Waals surface area contributed by atoms with Crippen LogP contribution in [0.15, 0.2) is 12.1 Å². The molecule has 2 aromatic rings. The van der Waals surface area contributed by atoms with Crippen LogP contribution in [-0.2, 0) is 0 Å². The first-order valence-corrected chi connectivity index (χ1v) is 4.71. The Morgan fingerprint density at radius 1 is 1.28 bits per heavy atom. The van der Waals surface area contributed by atoms with Crippen molar-refractivity contribution in [2.75, 3.05) is 7.11 Å². The minimum Gasteiger partial charge on any atom is -0.496 e. The van der Waals surface area contributed by atoms with Crippen molar-refractivity contribution < 1.29 is 27.8 Å². The molecule has 0 aliphatic carbocycles. The third kappa shape index (κ3) is 1.73. The summed E-state index contributed by atoms with van der Waals surface area (Å²) in [5, 5.41) is 8.36. The van der Waals surface area contributed by atoms with Crippen LogP contribution in [0.5, 0.6) is 5.75 Å². The number of fused-ring (bicyclic) bond motifs is 1. The van der Waals surface area contributed by atoms with E-state index in [0.29, 0.717) is 6.07 Å². The maximum atomic E-state index is 13.5. The quantitative estimate of drug-likeness (QED) is 0.839. The number of carboxylic acid groups (broad SMARTS) is 1. The molecule has 1 aromatic heterocycles. The SMILES string of the molecule is COc1cc(C(=O)O)nc2c(F)c(F)cc(F)c12. The van der Waals surface area contributed by atoms with E-state index in [9.17, 15) is 18.0 Å². The molecule has 0 fully saturated rings. The number of aromatic carboxylic acids is 1. The van der Waals surface area contributed by atoms with Crippen LogP contribution in [0.4, 0.5) is 13.2 Å². The number of halogens is 3. The van der Waals surface area contributed by atoms with Gasteiger partial charge >= 0.3 is 5.97 Å². The van der Waals surface area contributed by atoms with Gasteiger partial charge in [-0.25, -0.2) is 22.9 Å². The molecule has 2 rings (SSSR count). The molecule has 1 heterocycles. The second kappa shape index (κ2) is 4.17. The molecule has 0 aliphatic rings. The van der Waals surface area contributed by atoms with Gasteiger partial charge in [0, 0.05) is 12.1 Å². The number of ether oxygens (including phenoxy) is 1. The van der Waals surface area contributed by atoms with Gasteiger partial charge < -0.3 is 9.84 Å². The van der Waals surface area contributed by atoms with Crippen molar-refractivity contribution in [2.24, 2.45) is 0 Å². The van der Waals surface area contributed by atoms with Crippen LogP contribution >= 0.6 is 0 Å². The molecule has 0 saturated carbocycles. The zero-order valence-corrected chi connectivity index (χ0v) is 9.00. The van der Waals surface area contributed by atoms with Gasteiger partial charge in [0.1, 0.15) is 17.1 Å². The molecule has 1 aromatic carbocycles. The summed E-state index contributed by atoms with van der Waals surface area (Å²) in [5.74, 6) is -5.64. The van der Waals surface area contributed by atoms with E-state index >= 15 is 0 Å². The molecule has 0 bridgehead atoms. The summed E-state index contributed by atoms with van der Waals surface area (Å²) in [7, 11) is 1.15. The Balaban J connectivity index is 2.96. The molecule has 0 unspecified atom stereocenters. The second-order valence-corrected chi connectivity index (χ2v) is 3.39. The fraction of sp³-hybridized carbons (Fsp3) is 0.0909. The smallest absolute Gasteiger partial charge is 0.354 e. The first-order chi connectivity index (χ1) is 8.45. The lowest BCUT2D eigenvalue weighted by atomic mass is 10.1. The van der Waals surface area contributed by atoms with Crippen molar-refractivity contribution in [1.82, 2.24) is 4.98 Å². The Bertz CT molecular complexity index is 658. The summed E-state index contributed by atoms with van der Waals surface area (Å²) in [6, 6.07) is 1.29. The summed E-state index contributed by atoms with van der Waals surface area (Å²) in [6.07, 6.45) is 0. The number of pyridine rings is 1. The van der Waals surface area contributed by atoms with Gasteiger partial charge in [0.2, 0.25) is 0 Å². The first-order valence-electron chi connectivity index (χ1n) is 4.71. The zero-order valence-electron chi connectivity index (χ0n) is 9.00. The maximum absolute atomic E-state index is 13.5. The summed E-state index contributed by atoms with van der Waals surface area (Å²) in [5.41, 5.74) is -1.28. The van der Waals surface area contributed by atoms with Crippen molar-refractivity contribution in [2.45, 2.75) is 0 Å². The molecule has 0 saturated heterocycles. The summed E-state index contributed by atoms with van der Waals surface area (Å²) in [6.45, 7) is 0. The average Bonchev–Trinajstić information content (AvgIpc) is 2.34. The lowest BCUT2D eigenvalue weighted by Crippen LogP contribution is -2.04. The van der Waals surface area contributed by atoms with Crippen molar-refractivity contribution in [1.29, 1.82) is 0 Å². The van der Waals surface area contributed by atoms with E-state index in [0.717, 1.165) is 13.2 Å². The standard InChI is InChI=1S/C11H6F3NO3/c1-18-7-3-6(11(16)17)15-10-8(7)4(12)2-5(13)9(10)14/h2-3H,1H3,(H,16,17). The van der Waals surface area contributed by atoms with Crippen molar-refractivity contribution >= 4 is 16.9 Å². The Morgan fingerprint density at radius 2 is 1.94 bits per heavy atom. The van der Waals surface area contributed by atoms with Gasteiger partial charge in [-0.2, -0.15) is 0 Å². The number of rotatable bonds is 2. The molecule has 0 radical (unpaired) electrons. The largest absolute Gasteiger partial charge is 0.496 e. The number of nitrogens with zero attached hydrogens (tertiary/aromatic N) is 1. The van der Waals surface area contributed by atoms with Crippen LogP contribution in [-0.4, -0.2) is 23.2 Å². The minimum atomic E-state index is -1.46. The van der Waals surface area contributed by atoms with E-state index in [-0.39, 0.29) is 5.75 Å². The lowest BCUT2D eigenvalue weighted by molar-refractivity contribution is 0.0690. The van der Waals surface area contributed by atoms with Gasteiger partial charge in [0.05, 0.1) is 12.5 Å². The van der Waals surface area contributed by atoms with E-state index in [2.05, 4.69) is 4.98 Å². The van der Waals surface area contributed by atoms with E-state index in [1.165, 1.54) is 0 Å². The molecular formula is C11H6F3NO3. The average molecular weight is 257 g/mol. The Kier molecular flexibility index (Phi) is 2.82. The molecule has 0 amide bonds. The summed E-state index contributed by atoms with van der Waals surface area (Å²) in [4.78, 5) is 14.1.